The lowest BCUT2D eigenvalue weighted by molar-refractivity contribution is -0.130. The minimum absolute atomic E-state index is 0.158. The Hall–Kier alpha value is -2.18. The zero-order valence-electron chi connectivity index (χ0n) is 16.9. The number of β-amino-alcohol motifs (C(OH)–C–C–N with tert-alkyl or cyclic N) is 1. The number of anilines is 1. The third-order valence-corrected chi connectivity index (χ3v) is 5.93. The van der Waals surface area contributed by atoms with Crippen molar-refractivity contribution in [2.24, 2.45) is 0 Å². The van der Waals surface area contributed by atoms with Gasteiger partial charge in [0.25, 0.3) is 0 Å². The number of aromatic nitrogens is 1. The van der Waals surface area contributed by atoms with Crippen LogP contribution in [0.4, 0.5) is 5.82 Å². The molecule has 2 saturated heterocycles. The summed E-state index contributed by atoms with van der Waals surface area (Å²) in [5.74, 6) is 1.16. The van der Waals surface area contributed by atoms with Crippen molar-refractivity contribution >= 4 is 22.6 Å². The zero-order valence-corrected chi connectivity index (χ0v) is 16.9. The highest BCUT2D eigenvalue weighted by Gasteiger charge is 2.24. The number of nitrogens with zero attached hydrogens (tertiary/aromatic N) is 4. The maximum atomic E-state index is 11.6. The highest BCUT2D eigenvalue weighted by Crippen LogP contribution is 2.28. The van der Waals surface area contributed by atoms with E-state index in [1.165, 1.54) is 16.5 Å². The normalized spacial score (nSPS) is 21.3. The number of carbonyl (C=O) groups is 1. The van der Waals surface area contributed by atoms with E-state index >= 15 is 0 Å². The van der Waals surface area contributed by atoms with E-state index in [0.717, 1.165) is 63.4 Å². The molecule has 150 valence electrons. The Balaban J connectivity index is 1.62. The number of aliphatic hydroxyl groups excluding tert-OH is 1. The monoisotopic (exact) mass is 382 g/mol. The van der Waals surface area contributed by atoms with E-state index in [0.29, 0.717) is 6.54 Å². The number of pyridine rings is 1. The SMILES string of the molecule is CC(=O)N1CCN(Cc2cc3cc(C)ccc3nc2N2CCCC(O)C2)CC1. The summed E-state index contributed by atoms with van der Waals surface area (Å²) in [4.78, 5) is 23.2. The number of aryl methyl sites for hydroxylation is 1. The fourth-order valence-electron chi connectivity index (χ4n) is 4.33. The van der Waals surface area contributed by atoms with E-state index in [1.54, 1.807) is 6.92 Å². The molecular formula is C22H30N4O2. The van der Waals surface area contributed by atoms with Crippen LogP contribution in [0.2, 0.25) is 0 Å². The molecule has 2 aliphatic rings. The highest BCUT2D eigenvalue weighted by atomic mass is 16.3. The first-order chi connectivity index (χ1) is 13.5. The van der Waals surface area contributed by atoms with Crippen LogP contribution in [0.3, 0.4) is 0 Å². The second-order valence-electron chi connectivity index (χ2n) is 8.19. The van der Waals surface area contributed by atoms with Gasteiger partial charge in [-0.2, -0.15) is 0 Å². The molecule has 1 N–H and O–H groups in total. The Morgan fingerprint density at radius 2 is 1.96 bits per heavy atom. The third kappa shape index (κ3) is 4.13. The molecule has 1 aromatic carbocycles. The van der Waals surface area contributed by atoms with Crippen LogP contribution >= 0.6 is 0 Å². The molecule has 2 aromatic rings. The number of benzene rings is 1. The lowest BCUT2D eigenvalue weighted by Gasteiger charge is -2.36. The number of piperazine rings is 1. The molecule has 6 heteroatoms. The van der Waals surface area contributed by atoms with E-state index in [-0.39, 0.29) is 12.0 Å². The number of rotatable bonds is 3. The Kier molecular flexibility index (Phi) is 5.51. The molecule has 0 radical (unpaired) electrons. The molecule has 28 heavy (non-hydrogen) atoms. The van der Waals surface area contributed by atoms with Gasteiger partial charge in [-0.15, -0.1) is 0 Å². The van der Waals surface area contributed by atoms with E-state index < -0.39 is 0 Å². The zero-order chi connectivity index (χ0) is 19.7. The molecule has 1 atom stereocenters. The number of hydrogen-bond acceptors (Lipinski definition) is 5. The smallest absolute Gasteiger partial charge is 0.219 e. The van der Waals surface area contributed by atoms with Crippen molar-refractivity contribution in [1.29, 1.82) is 0 Å². The van der Waals surface area contributed by atoms with Crippen molar-refractivity contribution in [3.05, 3.63) is 35.4 Å². The maximum Gasteiger partial charge on any atom is 0.219 e. The summed E-state index contributed by atoms with van der Waals surface area (Å²) in [6.07, 6.45) is 1.58. The van der Waals surface area contributed by atoms with Crippen LogP contribution < -0.4 is 4.90 Å². The van der Waals surface area contributed by atoms with Crippen LogP contribution in [-0.4, -0.2) is 71.2 Å². The lowest BCUT2D eigenvalue weighted by Crippen LogP contribution is -2.47. The number of amides is 1. The minimum atomic E-state index is -0.281. The molecule has 2 fully saturated rings. The van der Waals surface area contributed by atoms with E-state index in [2.05, 4.69) is 41.0 Å². The van der Waals surface area contributed by atoms with Crippen molar-refractivity contribution in [2.75, 3.05) is 44.2 Å². The summed E-state index contributed by atoms with van der Waals surface area (Å²) in [6, 6.07) is 8.64. The maximum absolute atomic E-state index is 11.6. The van der Waals surface area contributed by atoms with Crippen LogP contribution in [-0.2, 0) is 11.3 Å². The van der Waals surface area contributed by atoms with Gasteiger partial charge in [0.15, 0.2) is 0 Å². The van der Waals surface area contributed by atoms with Crippen LogP contribution in [0.5, 0.6) is 0 Å². The van der Waals surface area contributed by atoms with Crippen molar-refractivity contribution in [3.8, 4) is 0 Å². The Morgan fingerprint density at radius 3 is 2.68 bits per heavy atom. The van der Waals surface area contributed by atoms with Crippen LogP contribution in [0.15, 0.2) is 24.3 Å². The average molecular weight is 383 g/mol. The molecule has 1 amide bonds. The van der Waals surface area contributed by atoms with E-state index in [9.17, 15) is 9.90 Å². The fourth-order valence-corrected chi connectivity index (χ4v) is 4.33. The molecule has 0 spiro atoms. The number of fused-ring (bicyclic) bond motifs is 1. The molecule has 4 rings (SSSR count). The number of carbonyl (C=O) groups excluding carboxylic acids is 1. The molecular weight excluding hydrogens is 352 g/mol. The molecule has 0 saturated carbocycles. The molecule has 2 aliphatic heterocycles. The number of hydrogen-bond donors (Lipinski definition) is 1. The summed E-state index contributed by atoms with van der Waals surface area (Å²) in [6.45, 7) is 9.49. The fraction of sp³-hybridized carbons (Fsp3) is 0.545. The van der Waals surface area contributed by atoms with Gasteiger partial charge >= 0.3 is 0 Å². The van der Waals surface area contributed by atoms with Crippen molar-refractivity contribution < 1.29 is 9.90 Å². The van der Waals surface area contributed by atoms with Gasteiger partial charge in [0.1, 0.15) is 5.82 Å². The molecule has 1 aromatic heterocycles. The third-order valence-electron chi connectivity index (χ3n) is 5.93. The van der Waals surface area contributed by atoms with Crippen LogP contribution in [0, 0.1) is 6.92 Å². The van der Waals surface area contributed by atoms with Gasteiger partial charge in [-0.25, -0.2) is 4.98 Å². The van der Waals surface area contributed by atoms with Gasteiger partial charge in [-0.3, -0.25) is 9.69 Å². The second-order valence-corrected chi connectivity index (χ2v) is 8.19. The lowest BCUT2D eigenvalue weighted by atomic mass is 10.0. The summed E-state index contributed by atoms with van der Waals surface area (Å²) in [5, 5.41) is 11.3. The van der Waals surface area contributed by atoms with Crippen molar-refractivity contribution in [2.45, 2.75) is 39.3 Å². The molecule has 0 aliphatic carbocycles. The summed E-state index contributed by atoms with van der Waals surface area (Å²) in [5.41, 5.74) is 3.45. The van der Waals surface area contributed by atoms with E-state index in [1.807, 2.05) is 4.90 Å². The molecule has 6 nitrogen and oxygen atoms in total. The van der Waals surface area contributed by atoms with Crippen LogP contribution in [0.25, 0.3) is 10.9 Å². The molecule has 0 bridgehead atoms. The Labute approximate surface area is 166 Å². The Morgan fingerprint density at radius 1 is 1.18 bits per heavy atom. The quantitative estimate of drug-likeness (QED) is 0.882. The van der Waals surface area contributed by atoms with Crippen molar-refractivity contribution in [3.63, 3.8) is 0 Å². The summed E-state index contributed by atoms with van der Waals surface area (Å²) < 4.78 is 0. The second kappa shape index (κ2) is 8.05. The highest BCUT2D eigenvalue weighted by molar-refractivity contribution is 5.82. The van der Waals surface area contributed by atoms with Gasteiger partial charge < -0.3 is 14.9 Å². The van der Waals surface area contributed by atoms with Crippen LogP contribution in [0.1, 0.15) is 30.9 Å². The average Bonchev–Trinajstić information content (AvgIpc) is 2.68. The number of piperidine rings is 1. The first-order valence-electron chi connectivity index (χ1n) is 10.3. The minimum Gasteiger partial charge on any atom is -0.391 e. The molecule has 3 heterocycles. The first kappa shape index (κ1) is 19.2. The first-order valence-corrected chi connectivity index (χ1v) is 10.3. The van der Waals surface area contributed by atoms with Crippen molar-refractivity contribution in [1.82, 2.24) is 14.8 Å². The predicted molar refractivity (Wildman–Crippen MR) is 111 cm³/mol. The van der Waals surface area contributed by atoms with Gasteiger partial charge in [-0.1, -0.05) is 11.6 Å². The summed E-state index contributed by atoms with van der Waals surface area (Å²) >= 11 is 0. The standard InChI is InChI=1S/C22H30N4O2/c1-16-5-6-21-18(12-16)13-19(14-24-8-10-25(11-9-24)17(2)27)22(23-21)26-7-3-4-20(28)15-26/h5-6,12-13,20,28H,3-4,7-11,14-15H2,1-2H3. The number of aliphatic hydroxyl groups is 1. The summed E-state index contributed by atoms with van der Waals surface area (Å²) in [7, 11) is 0. The topological polar surface area (TPSA) is 59.9 Å². The van der Waals surface area contributed by atoms with Gasteiger partial charge in [0.05, 0.1) is 11.6 Å². The largest absolute Gasteiger partial charge is 0.391 e. The van der Waals surface area contributed by atoms with Gasteiger partial charge in [0, 0.05) is 63.7 Å². The Bertz CT molecular complexity index is 861. The molecule has 1 unspecified atom stereocenters. The van der Waals surface area contributed by atoms with E-state index in [4.69, 9.17) is 4.98 Å². The van der Waals surface area contributed by atoms with Gasteiger partial charge in [-0.05, 0) is 38.0 Å². The van der Waals surface area contributed by atoms with Gasteiger partial charge in [0.2, 0.25) is 5.91 Å². The predicted octanol–water partition coefficient (Wildman–Crippen LogP) is 2.17.